The lowest BCUT2D eigenvalue weighted by Gasteiger charge is -2.01. The van der Waals surface area contributed by atoms with E-state index in [4.69, 9.17) is 4.74 Å². The Bertz CT molecular complexity index is 91.1. The van der Waals surface area contributed by atoms with Gasteiger partial charge in [0.25, 0.3) is 0 Å². The Kier molecular flexibility index (Phi) is 4.05. The van der Waals surface area contributed by atoms with Gasteiger partial charge in [0.15, 0.2) is 6.04 Å². The summed E-state index contributed by atoms with van der Waals surface area (Å²) in [5.74, 6) is -0.211. The fraction of sp³-hybridized carbons (Fsp3) is 0.833. The van der Waals surface area contributed by atoms with Crippen molar-refractivity contribution in [2.75, 3.05) is 6.61 Å². The molecule has 0 radical (unpaired) electrons. The molecule has 0 unspecified atom stereocenters. The topological polar surface area (TPSA) is 53.9 Å². The molecule has 0 aromatic carbocycles. The van der Waals surface area contributed by atoms with Crippen LogP contribution in [0.25, 0.3) is 0 Å². The first kappa shape index (κ1) is 8.43. The predicted molar refractivity (Wildman–Crippen MR) is 33.6 cm³/mol. The fourth-order valence-electron chi connectivity index (χ4n) is 0.345. The summed E-state index contributed by atoms with van der Waals surface area (Å²) in [5, 5.41) is 0. The number of quaternary nitrogens is 1. The summed E-state index contributed by atoms with van der Waals surface area (Å²) in [6.45, 7) is 4.19. The molecule has 0 aliphatic carbocycles. The van der Waals surface area contributed by atoms with E-state index in [1.165, 1.54) is 0 Å². The Balaban J connectivity index is 3.28. The van der Waals surface area contributed by atoms with Crippen LogP contribution in [0.3, 0.4) is 0 Å². The number of hydrogen-bond donors (Lipinski definition) is 1. The Morgan fingerprint density at radius 3 is 2.67 bits per heavy atom. The first-order valence-electron chi connectivity index (χ1n) is 3.18. The molecule has 9 heavy (non-hydrogen) atoms. The van der Waals surface area contributed by atoms with E-state index < -0.39 is 0 Å². The summed E-state index contributed by atoms with van der Waals surface area (Å²) in [6.07, 6.45) is 0.873. The molecule has 1 atom stereocenters. The molecule has 0 aromatic rings. The molecule has 0 aliphatic rings. The minimum Gasteiger partial charge on any atom is -0.461 e. The summed E-state index contributed by atoms with van der Waals surface area (Å²) in [4.78, 5) is 10.6. The smallest absolute Gasteiger partial charge is 0.364 e. The van der Waals surface area contributed by atoms with Crippen molar-refractivity contribution in [2.24, 2.45) is 0 Å². The number of hydrogen-bond acceptors (Lipinski definition) is 2. The summed E-state index contributed by atoms with van der Waals surface area (Å²) in [6, 6.07) is -0.239. The second-order valence-corrected chi connectivity index (χ2v) is 2.07. The van der Waals surface area contributed by atoms with Gasteiger partial charge in [0, 0.05) is 0 Å². The van der Waals surface area contributed by atoms with Gasteiger partial charge in [0.05, 0.1) is 6.61 Å². The molecule has 0 aliphatic heterocycles. The molecule has 0 rings (SSSR count). The molecule has 0 saturated carbocycles. The third kappa shape index (κ3) is 3.97. The van der Waals surface area contributed by atoms with E-state index in [0.29, 0.717) is 6.61 Å². The average Bonchev–Trinajstić information content (AvgIpc) is 1.82. The number of carbonyl (C=O) groups excluding carboxylic acids is 1. The van der Waals surface area contributed by atoms with Gasteiger partial charge in [0.1, 0.15) is 0 Å². The lowest BCUT2D eigenvalue weighted by Crippen LogP contribution is -2.63. The zero-order chi connectivity index (χ0) is 7.28. The fourth-order valence-corrected chi connectivity index (χ4v) is 0.345. The molecule has 0 fully saturated rings. The molecule has 0 amide bonds. The van der Waals surface area contributed by atoms with Gasteiger partial charge < -0.3 is 10.5 Å². The van der Waals surface area contributed by atoms with Gasteiger partial charge in [-0.2, -0.15) is 0 Å². The van der Waals surface area contributed by atoms with Crippen LogP contribution in [0.4, 0.5) is 0 Å². The van der Waals surface area contributed by atoms with Crippen molar-refractivity contribution in [1.82, 2.24) is 0 Å². The summed E-state index contributed by atoms with van der Waals surface area (Å²) >= 11 is 0. The first-order chi connectivity index (χ1) is 4.18. The molecular weight excluding hydrogens is 118 g/mol. The highest BCUT2D eigenvalue weighted by molar-refractivity contribution is 5.73. The van der Waals surface area contributed by atoms with Crippen LogP contribution >= 0.6 is 0 Å². The van der Waals surface area contributed by atoms with Crippen molar-refractivity contribution in [3.8, 4) is 0 Å². The van der Waals surface area contributed by atoms with Crippen LogP contribution in [-0.2, 0) is 9.53 Å². The Hall–Kier alpha value is -0.570. The summed E-state index contributed by atoms with van der Waals surface area (Å²) in [7, 11) is 0. The first-order valence-corrected chi connectivity index (χ1v) is 3.18. The van der Waals surface area contributed by atoms with Crippen molar-refractivity contribution < 1.29 is 15.3 Å². The van der Waals surface area contributed by atoms with E-state index in [0.717, 1.165) is 6.42 Å². The standard InChI is InChI=1S/C6H13NO2/c1-3-4-9-6(8)5(2)7/h5H,3-4,7H2,1-2H3/p+1/t5-/m0/s1. The van der Waals surface area contributed by atoms with E-state index in [2.05, 4.69) is 5.73 Å². The molecule has 0 heterocycles. The van der Waals surface area contributed by atoms with E-state index in [-0.39, 0.29) is 12.0 Å². The van der Waals surface area contributed by atoms with Crippen LogP contribution < -0.4 is 5.73 Å². The Morgan fingerprint density at radius 1 is 1.78 bits per heavy atom. The molecule has 0 bridgehead atoms. The zero-order valence-corrected chi connectivity index (χ0v) is 6.02. The average molecular weight is 132 g/mol. The number of rotatable bonds is 3. The van der Waals surface area contributed by atoms with Gasteiger partial charge in [-0.25, -0.2) is 4.79 Å². The normalized spacial score (nSPS) is 12.8. The monoisotopic (exact) mass is 132 g/mol. The maximum Gasteiger partial charge on any atom is 0.364 e. The number of ether oxygens (including phenoxy) is 1. The third-order valence-corrected chi connectivity index (χ3v) is 0.851. The molecule has 0 aromatic heterocycles. The third-order valence-electron chi connectivity index (χ3n) is 0.851. The molecule has 0 saturated heterocycles. The Morgan fingerprint density at radius 2 is 2.33 bits per heavy atom. The van der Waals surface area contributed by atoms with Crippen LogP contribution in [0, 0.1) is 0 Å². The van der Waals surface area contributed by atoms with Crippen LogP contribution in [0.1, 0.15) is 20.3 Å². The minimum atomic E-state index is -0.239. The van der Waals surface area contributed by atoms with E-state index in [9.17, 15) is 4.79 Å². The zero-order valence-electron chi connectivity index (χ0n) is 6.02. The van der Waals surface area contributed by atoms with Gasteiger partial charge in [-0.3, -0.25) is 0 Å². The van der Waals surface area contributed by atoms with Crippen molar-refractivity contribution >= 4 is 5.97 Å². The maximum atomic E-state index is 10.6. The van der Waals surface area contributed by atoms with Crippen molar-refractivity contribution in [2.45, 2.75) is 26.3 Å². The van der Waals surface area contributed by atoms with Crippen molar-refractivity contribution in [3.05, 3.63) is 0 Å². The van der Waals surface area contributed by atoms with Crippen LogP contribution in [-0.4, -0.2) is 18.6 Å². The second-order valence-electron chi connectivity index (χ2n) is 2.07. The highest BCUT2D eigenvalue weighted by Gasteiger charge is 2.10. The minimum absolute atomic E-state index is 0.211. The maximum absolute atomic E-state index is 10.6. The molecule has 0 spiro atoms. The van der Waals surface area contributed by atoms with Gasteiger partial charge in [-0.05, 0) is 13.3 Å². The van der Waals surface area contributed by atoms with E-state index in [1.54, 1.807) is 6.92 Å². The number of esters is 1. The molecule has 3 nitrogen and oxygen atoms in total. The van der Waals surface area contributed by atoms with Gasteiger partial charge in [-0.1, -0.05) is 6.92 Å². The largest absolute Gasteiger partial charge is 0.461 e. The van der Waals surface area contributed by atoms with E-state index in [1.807, 2.05) is 6.92 Å². The van der Waals surface area contributed by atoms with Crippen molar-refractivity contribution in [1.29, 1.82) is 0 Å². The molecular formula is C6H14NO2+. The molecule has 3 N–H and O–H groups in total. The van der Waals surface area contributed by atoms with Crippen LogP contribution in [0.5, 0.6) is 0 Å². The van der Waals surface area contributed by atoms with Gasteiger partial charge in [-0.15, -0.1) is 0 Å². The second kappa shape index (κ2) is 4.32. The lowest BCUT2D eigenvalue weighted by atomic mass is 10.4. The van der Waals surface area contributed by atoms with Gasteiger partial charge in [0.2, 0.25) is 0 Å². The molecule has 3 heteroatoms. The predicted octanol–water partition coefficient (Wildman–Crippen LogP) is -0.430. The van der Waals surface area contributed by atoms with Crippen molar-refractivity contribution in [3.63, 3.8) is 0 Å². The van der Waals surface area contributed by atoms with Crippen LogP contribution in [0.2, 0.25) is 0 Å². The Labute approximate surface area is 55.2 Å². The quantitative estimate of drug-likeness (QED) is 0.530. The molecule has 54 valence electrons. The van der Waals surface area contributed by atoms with E-state index >= 15 is 0 Å². The summed E-state index contributed by atoms with van der Waals surface area (Å²) in [5.41, 5.74) is 3.52. The van der Waals surface area contributed by atoms with Gasteiger partial charge >= 0.3 is 5.97 Å². The van der Waals surface area contributed by atoms with Crippen LogP contribution in [0.15, 0.2) is 0 Å². The summed E-state index contributed by atoms with van der Waals surface area (Å²) < 4.78 is 4.75. The number of carbonyl (C=O) groups is 1. The SMILES string of the molecule is CCCOC(=O)[C@H](C)[NH3+]. The lowest BCUT2D eigenvalue weighted by molar-refractivity contribution is -0.402. The highest BCUT2D eigenvalue weighted by atomic mass is 16.5. The highest BCUT2D eigenvalue weighted by Crippen LogP contribution is 1.83.